The molecule has 0 aliphatic carbocycles. The summed E-state index contributed by atoms with van der Waals surface area (Å²) in [5, 5.41) is 0. The third-order valence-electron chi connectivity index (χ3n) is 2.14. The van der Waals surface area contributed by atoms with Gasteiger partial charge in [0.1, 0.15) is 5.75 Å². The fourth-order valence-corrected chi connectivity index (χ4v) is 1.27. The first-order valence-electron chi connectivity index (χ1n) is 4.97. The first-order chi connectivity index (χ1) is 9.01. The Labute approximate surface area is 104 Å². The molecule has 0 bridgehead atoms. The van der Waals surface area contributed by atoms with Crippen molar-refractivity contribution in [1.29, 1.82) is 0 Å². The minimum Gasteiger partial charge on any atom is -0.436 e. The number of rotatable bonds is 3. The summed E-state index contributed by atoms with van der Waals surface area (Å²) in [5.74, 6) is -0.672. The highest BCUT2D eigenvalue weighted by Crippen LogP contribution is 2.26. The van der Waals surface area contributed by atoms with Gasteiger partial charge in [-0.15, -0.1) is 0 Å². The Bertz CT molecular complexity index is 621. The number of ether oxygens (including phenoxy) is 1. The van der Waals surface area contributed by atoms with Gasteiger partial charge in [-0.1, -0.05) is 0 Å². The fourth-order valence-electron chi connectivity index (χ4n) is 1.27. The lowest BCUT2D eigenvalue weighted by molar-refractivity contribution is 0.411. The van der Waals surface area contributed by atoms with Crippen molar-refractivity contribution in [1.82, 2.24) is 4.98 Å². The second-order valence-electron chi connectivity index (χ2n) is 3.43. The molecule has 0 saturated heterocycles. The Morgan fingerprint density at radius 1 is 0.947 bits per heavy atom. The summed E-state index contributed by atoms with van der Waals surface area (Å²) in [6.07, 6.45) is 0. The zero-order valence-corrected chi connectivity index (χ0v) is 9.25. The van der Waals surface area contributed by atoms with Gasteiger partial charge < -0.3 is 10.2 Å². The number of pyridine rings is 1. The monoisotopic (exact) mass is 273 g/mol. The second kappa shape index (κ2) is 5.11. The molecule has 0 atom stereocenters. The number of aromatic nitrogens is 1. The van der Waals surface area contributed by atoms with E-state index in [1.165, 1.54) is 0 Å². The van der Waals surface area contributed by atoms with Crippen molar-refractivity contribution in [2.24, 2.45) is 5.84 Å². The van der Waals surface area contributed by atoms with E-state index in [-0.39, 0.29) is 5.75 Å². The van der Waals surface area contributed by atoms with Crippen LogP contribution in [0.15, 0.2) is 24.3 Å². The van der Waals surface area contributed by atoms with E-state index in [9.17, 15) is 17.6 Å². The van der Waals surface area contributed by atoms with Gasteiger partial charge in [-0.3, -0.25) is 0 Å². The number of anilines is 1. The van der Waals surface area contributed by atoms with E-state index in [1.54, 1.807) is 0 Å². The SMILES string of the molecule is NNc1nc(Oc2ccc(F)c(F)c2)c(F)cc1F. The van der Waals surface area contributed by atoms with Gasteiger partial charge in [0.25, 0.3) is 5.88 Å². The maximum absolute atomic E-state index is 13.4. The van der Waals surface area contributed by atoms with E-state index in [0.717, 1.165) is 12.1 Å². The van der Waals surface area contributed by atoms with Crippen molar-refractivity contribution in [2.45, 2.75) is 0 Å². The van der Waals surface area contributed by atoms with Crippen LogP contribution in [-0.4, -0.2) is 4.98 Å². The molecule has 0 fully saturated rings. The molecule has 0 spiro atoms. The number of nitrogen functional groups attached to an aromatic ring is 1. The number of hydrogen-bond donors (Lipinski definition) is 2. The number of halogens is 4. The topological polar surface area (TPSA) is 60.2 Å². The number of nitrogens with one attached hydrogen (secondary N) is 1. The summed E-state index contributed by atoms with van der Waals surface area (Å²) < 4.78 is 57.0. The van der Waals surface area contributed by atoms with Crippen LogP contribution in [0.4, 0.5) is 23.4 Å². The van der Waals surface area contributed by atoms with Crippen molar-refractivity contribution in [3.8, 4) is 11.6 Å². The molecular weight excluding hydrogens is 266 g/mol. The molecule has 0 aliphatic rings. The Kier molecular flexibility index (Phi) is 3.52. The summed E-state index contributed by atoms with van der Waals surface area (Å²) in [6.45, 7) is 0. The van der Waals surface area contributed by atoms with Gasteiger partial charge in [0.05, 0.1) is 0 Å². The Balaban J connectivity index is 2.34. The van der Waals surface area contributed by atoms with Crippen molar-refractivity contribution in [3.05, 3.63) is 47.5 Å². The summed E-state index contributed by atoms with van der Waals surface area (Å²) in [6, 6.07) is 3.07. The summed E-state index contributed by atoms with van der Waals surface area (Å²) >= 11 is 0. The molecule has 0 amide bonds. The minimum atomic E-state index is -1.17. The zero-order chi connectivity index (χ0) is 14.0. The van der Waals surface area contributed by atoms with Crippen LogP contribution in [-0.2, 0) is 0 Å². The van der Waals surface area contributed by atoms with Crippen LogP contribution in [0.3, 0.4) is 0 Å². The maximum atomic E-state index is 13.4. The molecule has 0 aliphatic heterocycles. The predicted octanol–water partition coefficient (Wildman–Crippen LogP) is 2.72. The highest BCUT2D eigenvalue weighted by Gasteiger charge is 2.14. The Morgan fingerprint density at radius 3 is 2.32 bits per heavy atom. The van der Waals surface area contributed by atoms with Gasteiger partial charge in [0.15, 0.2) is 29.1 Å². The molecule has 0 unspecified atom stereocenters. The smallest absolute Gasteiger partial charge is 0.258 e. The lowest BCUT2D eigenvalue weighted by atomic mass is 10.3. The van der Waals surface area contributed by atoms with Crippen LogP contribution in [0.2, 0.25) is 0 Å². The van der Waals surface area contributed by atoms with Crippen molar-refractivity contribution in [3.63, 3.8) is 0 Å². The largest absolute Gasteiger partial charge is 0.436 e. The number of hydrogen-bond acceptors (Lipinski definition) is 4. The number of nitrogens with zero attached hydrogens (tertiary/aromatic N) is 1. The summed E-state index contributed by atoms with van der Waals surface area (Å²) in [7, 11) is 0. The number of hydrazine groups is 1. The summed E-state index contributed by atoms with van der Waals surface area (Å²) in [4.78, 5) is 3.41. The van der Waals surface area contributed by atoms with E-state index in [0.29, 0.717) is 12.1 Å². The third kappa shape index (κ3) is 2.74. The fraction of sp³-hybridized carbons (Fsp3) is 0. The van der Waals surface area contributed by atoms with Crippen LogP contribution < -0.4 is 16.0 Å². The Morgan fingerprint density at radius 2 is 1.68 bits per heavy atom. The minimum absolute atomic E-state index is 0.195. The van der Waals surface area contributed by atoms with Crippen molar-refractivity contribution in [2.75, 3.05) is 5.43 Å². The second-order valence-corrected chi connectivity index (χ2v) is 3.43. The molecular formula is C11H7F4N3O. The normalized spacial score (nSPS) is 10.4. The molecule has 8 heteroatoms. The molecule has 100 valence electrons. The zero-order valence-electron chi connectivity index (χ0n) is 9.25. The molecule has 1 heterocycles. The molecule has 1 aromatic carbocycles. The van der Waals surface area contributed by atoms with Gasteiger partial charge in [-0.05, 0) is 12.1 Å². The van der Waals surface area contributed by atoms with E-state index < -0.39 is 35.0 Å². The highest BCUT2D eigenvalue weighted by molar-refractivity contribution is 5.39. The van der Waals surface area contributed by atoms with Gasteiger partial charge in [-0.2, -0.15) is 4.98 Å². The summed E-state index contributed by atoms with van der Waals surface area (Å²) in [5.41, 5.74) is 1.90. The quantitative estimate of drug-likeness (QED) is 0.513. The molecule has 0 saturated carbocycles. The third-order valence-corrected chi connectivity index (χ3v) is 2.14. The first kappa shape index (κ1) is 13.1. The predicted molar refractivity (Wildman–Crippen MR) is 58.4 cm³/mol. The number of nitrogens with two attached hydrogens (primary N) is 1. The lowest BCUT2D eigenvalue weighted by Gasteiger charge is -2.08. The molecule has 2 aromatic rings. The van der Waals surface area contributed by atoms with Crippen LogP contribution in [0, 0.1) is 23.3 Å². The molecule has 3 N–H and O–H groups in total. The molecule has 1 aromatic heterocycles. The van der Waals surface area contributed by atoms with E-state index in [4.69, 9.17) is 10.6 Å². The number of benzene rings is 1. The van der Waals surface area contributed by atoms with Crippen LogP contribution >= 0.6 is 0 Å². The van der Waals surface area contributed by atoms with Crippen LogP contribution in [0.25, 0.3) is 0 Å². The standard InChI is InChI=1S/C11H7F4N3O/c12-6-2-1-5(3-7(6)13)19-11-9(15)4-8(14)10(17-11)18-16/h1-4H,16H2,(H,17,18). The van der Waals surface area contributed by atoms with Gasteiger partial charge >= 0.3 is 0 Å². The molecule has 2 rings (SSSR count). The van der Waals surface area contributed by atoms with E-state index in [2.05, 4.69) is 4.98 Å². The Hall–Kier alpha value is -2.35. The molecule has 0 radical (unpaired) electrons. The van der Waals surface area contributed by atoms with Gasteiger partial charge in [0.2, 0.25) is 0 Å². The van der Waals surface area contributed by atoms with E-state index >= 15 is 0 Å². The van der Waals surface area contributed by atoms with Crippen molar-refractivity contribution >= 4 is 5.82 Å². The molecule has 4 nitrogen and oxygen atoms in total. The van der Waals surface area contributed by atoms with Crippen LogP contribution in [0.1, 0.15) is 0 Å². The van der Waals surface area contributed by atoms with Crippen molar-refractivity contribution < 1.29 is 22.3 Å². The average Bonchev–Trinajstić information content (AvgIpc) is 2.37. The highest BCUT2D eigenvalue weighted by atomic mass is 19.2. The molecule has 19 heavy (non-hydrogen) atoms. The average molecular weight is 273 g/mol. The van der Waals surface area contributed by atoms with Gasteiger partial charge in [-0.25, -0.2) is 23.4 Å². The first-order valence-corrected chi connectivity index (χ1v) is 4.97. The maximum Gasteiger partial charge on any atom is 0.258 e. The van der Waals surface area contributed by atoms with Gasteiger partial charge in [0, 0.05) is 12.1 Å². The lowest BCUT2D eigenvalue weighted by Crippen LogP contribution is -2.11. The van der Waals surface area contributed by atoms with Crippen LogP contribution in [0.5, 0.6) is 11.6 Å². The van der Waals surface area contributed by atoms with E-state index in [1.807, 2.05) is 5.43 Å².